The molecule has 2 aromatic carbocycles. The van der Waals surface area contributed by atoms with Gasteiger partial charge in [0.25, 0.3) is 11.4 Å². The fraction of sp³-hybridized carbons (Fsp3) is 0.200. The Morgan fingerprint density at radius 2 is 1.58 bits per heavy atom. The molecule has 0 bridgehead atoms. The second-order valence-electron chi connectivity index (χ2n) is 4.84. The Balaban J connectivity index is 2.54. The summed E-state index contributed by atoms with van der Waals surface area (Å²) in [4.78, 5) is 20.9. The first-order valence-corrected chi connectivity index (χ1v) is 6.73. The number of nitrogens with zero attached hydrogens (tertiary/aromatic N) is 2. The average molecular weight is 334 g/mol. The largest absolute Gasteiger partial charge is 0.508 e. The van der Waals surface area contributed by atoms with Crippen molar-refractivity contribution in [3.63, 3.8) is 0 Å². The molecule has 9 heteroatoms. The lowest BCUT2D eigenvalue weighted by Crippen LogP contribution is -2.01. The highest BCUT2D eigenvalue weighted by Crippen LogP contribution is 2.36. The SMILES string of the molecule is COc1cc(Cc2cc([N+](=O)[O-])ccc2O)c([N+](=O)[O-])cc1OC. The number of aromatic hydroxyl groups is 1. The van der Waals surface area contributed by atoms with E-state index in [2.05, 4.69) is 0 Å². The number of ether oxygens (including phenoxy) is 2. The summed E-state index contributed by atoms with van der Waals surface area (Å²) in [7, 11) is 2.74. The van der Waals surface area contributed by atoms with Crippen LogP contribution in [-0.2, 0) is 6.42 Å². The number of nitro benzene ring substituents is 2. The molecule has 0 saturated heterocycles. The number of phenols is 1. The van der Waals surface area contributed by atoms with Crippen molar-refractivity contribution in [3.8, 4) is 17.2 Å². The van der Waals surface area contributed by atoms with E-state index in [1.54, 1.807) is 0 Å². The summed E-state index contributed by atoms with van der Waals surface area (Å²) in [5.41, 5.74) is -0.0301. The predicted octanol–water partition coefficient (Wildman–Crippen LogP) is 2.82. The van der Waals surface area contributed by atoms with Crippen molar-refractivity contribution in [2.24, 2.45) is 0 Å². The number of hydrogen-bond acceptors (Lipinski definition) is 7. The summed E-state index contributed by atoms with van der Waals surface area (Å²) in [5, 5.41) is 32.0. The molecule has 0 aliphatic rings. The molecule has 0 atom stereocenters. The molecule has 0 radical (unpaired) electrons. The third kappa shape index (κ3) is 3.35. The topological polar surface area (TPSA) is 125 Å². The summed E-state index contributed by atoms with van der Waals surface area (Å²) in [6, 6.07) is 6.13. The minimum absolute atomic E-state index is 0.0792. The highest BCUT2D eigenvalue weighted by atomic mass is 16.6. The van der Waals surface area contributed by atoms with E-state index in [0.717, 1.165) is 6.07 Å². The summed E-state index contributed by atoms with van der Waals surface area (Å²) in [5.74, 6) is 0.281. The van der Waals surface area contributed by atoms with E-state index < -0.39 is 9.85 Å². The van der Waals surface area contributed by atoms with Gasteiger partial charge < -0.3 is 14.6 Å². The molecule has 9 nitrogen and oxygen atoms in total. The Morgan fingerprint density at radius 1 is 0.958 bits per heavy atom. The zero-order valence-corrected chi connectivity index (χ0v) is 12.9. The van der Waals surface area contributed by atoms with Crippen LogP contribution >= 0.6 is 0 Å². The molecule has 0 saturated carbocycles. The van der Waals surface area contributed by atoms with Crippen LogP contribution in [0.4, 0.5) is 11.4 Å². The van der Waals surface area contributed by atoms with Crippen molar-refractivity contribution < 1.29 is 24.4 Å². The fourth-order valence-corrected chi connectivity index (χ4v) is 2.25. The molecular weight excluding hydrogens is 320 g/mol. The van der Waals surface area contributed by atoms with Gasteiger partial charge >= 0.3 is 0 Å². The van der Waals surface area contributed by atoms with E-state index in [-0.39, 0.29) is 46.2 Å². The number of methoxy groups -OCH3 is 2. The molecular formula is C15H14N2O7. The van der Waals surface area contributed by atoms with Crippen molar-refractivity contribution in [3.05, 3.63) is 61.7 Å². The van der Waals surface area contributed by atoms with E-state index in [9.17, 15) is 25.3 Å². The molecule has 24 heavy (non-hydrogen) atoms. The second-order valence-corrected chi connectivity index (χ2v) is 4.84. The maximum Gasteiger partial charge on any atom is 0.276 e. The van der Waals surface area contributed by atoms with Crippen LogP contribution in [-0.4, -0.2) is 29.2 Å². The van der Waals surface area contributed by atoms with Gasteiger partial charge in [0, 0.05) is 29.7 Å². The third-order valence-electron chi connectivity index (χ3n) is 3.44. The maximum atomic E-state index is 11.3. The van der Waals surface area contributed by atoms with Gasteiger partial charge in [-0.1, -0.05) is 0 Å². The van der Waals surface area contributed by atoms with Gasteiger partial charge in [-0.2, -0.15) is 0 Å². The fourth-order valence-electron chi connectivity index (χ4n) is 2.25. The Kier molecular flexibility index (Phi) is 4.83. The predicted molar refractivity (Wildman–Crippen MR) is 83.8 cm³/mol. The minimum atomic E-state index is -0.605. The summed E-state index contributed by atoms with van der Waals surface area (Å²) < 4.78 is 10.2. The van der Waals surface area contributed by atoms with Gasteiger partial charge in [-0.05, 0) is 12.1 Å². The minimum Gasteiger partial charge on any atom is -0.508 e. The summed E-state index contributed by atoms with van der Waals surface area (Å²) in [6.45, 7) is 0. The van der Waals surface area contributed by atoms with Gasteiger partial charge in [0.15, 0.2) is 11.5 Å². The number of non-ortho nitro benzene ring substituents is 1. The molecule has 0 heterocycles. The van der Waals surface area contributed by atoms with Crippen molar-refractivity contribution in [2.75, 3.05) is 14.2 Å². The smallest absolute Gasteiger partial charge is 0.276 e. The zero-order valence-electron chi connectivity index (χ0n) is 12.9. The zero-order chi connectivity index (χ0) is 17.9. The normalized spacial score (nSPS) is 10.2. The van der Waals surface area contributed by atoms with Crippen LogP contribution in [0.15, 0.2) is 30.3 Å². The standard InChI is InChI=1S/C15H14N2O7/c1-23-14-7-9(12(17(21)22)8-15(14)24-2)5-10-6-11(16(19)20)3-4-13(10)18/h3-4,6-8,18H,5H2,1-2H3. The van der Waals surface area contributed by atoms with Gasteiger partial charge in [-0.3, -0.25) is 20.2 Å². The molecule has 1 N–H and O–H groups in total. The van der Waals surface area contributed by atoms with Gasteiger partial charge in [-0.25, -0.2) is 0 Å². The van der Waals surface area contributed by atoms with Gasteiger partial charge in [0.1, 0.15) is 5.75 Å². The first kappa shape index (κ1) is 17.0. The molecule has 0 amide bonds. The van der Waals surface area contributed by atoms with Crippen LogP contribution < -0.4 is 9.47 Å². The maximum absolute atomic E-state index is 11.3. The molecule has 2 rings (SSSR count). The van der Waals surface area contributed by atoms with Crippen LogP contribution in [0.3, 0.4) is 0 Å². The quantitative estimate of drug-likeness (QED) is 0.636. The van der Waals surface area contributed by atoms with Crippen LogP contribution in [0.5, 0.6) is 17.2 Å². The van der Waals surface area contributed by atoms with E-state index >= 15 is 0 Å². The van der Waals surface area contributed by atoms with Crippen molar-refractivity contribution in [1.82, 2.24) is 0 Å². The molecule has 2 aromatic rings. The highest BCUT2D eigenvalue weighted by molar-refractivity contribution is 5.57. The lowest BCUT2D eigenvalue weighted by Gasteiger charge is -2.11. The molecule has 0 aliphatic carbocycles. The van der Waals surface area contributed by atoms with E-state index in [1.165, 1.54) is 38.5 Å². The summed E-state index contributed by atoms with van der Waals surface area (Å²) >= 11 is 0. The van der Waals surface area contributed by atoms with E-state index in [4.69, 9.17) is 9.47 Å². The molecule has 0 fully saturated rings. The molecule has 0 aromatic heterocycles. The van der Waals surface area contributed by atoms with Crippen molar-refractivity contribution >= 4 is 11.4 Å². The lowest BCUT2D eigenvalue weighted by atomic mass is 10.0. The Bertz CT molecular complexity index is 805. The molecule has 0 spiro atoms. The van der Waals surface area contributed by atoms with Crippen LogP contribution in [0.2, 0.25) is 0 Å². The Morgan fingerprint density at radius 3 is 2.12 bits per heavy atom. The summed E-state index contributed by atoms with van der Waals surface area (Å²) in [6.07, 6.45) is -0.0792. The average Bonchev–Trinajstić information content (AvgIpc) is 2.55. The van der Waals surface area contributed by atoms with Crippen LogP contribution in [0, 0.1) is 20.2 Å². The lowest BCUT2D eigenvalue weighted by molar-refractivity contribution is -0.385. The van der Waals surface area contributed by atoms with E-state index in [1.807, 2.05) is 0 Å². The first-order valence-electron chi connectivity index (χ1n) is 6.73. The Labute approximate surface area is 136 Å². The van der Waals surface area contributed by atoms with Crippen molar-refractivity contribution in [1.29, 1.82) is 0 Å². The van der Waals surface area contributed by atoms with Gasteiger partial charge in [0.2, 0.25) is 0 Å². The molecule has 0 unspecified atom stereocenters. The number of rotatable bonds is 6. The monoisotopic (exact) mass is 334 g/mol. The van der Waals surface area contributed by atoms with Crippen LogP contribution in [0.1, 0.15) is 11.1 Å². The number of phenolic OH excluding ortho intramolecular Hbond substituents is 1. The van der Waals surface area contributed by atoms with Gasteiger partial charge in [-0.15, -0.1) is 0 Å². The van der Waals surface area contributed by atoms with Crippen LogP contribution in [0.25, 0.3) is 0 Å². The highest BCUT2D eigenvalue weighted by Gasteiger charge is 2.21. The number of nitro groups is 2. The van der Waals surface area contributed by atoms with Gasteiger partial charge in [0.05, 0.1) is 30.1 Å². The Hall–Kier alpha value is -3.36. The number of benzene rings is 2. The van der Waals surface area contributed by atoms with Crippen molar-refractivity contribution in [2.45, 2.75) is 6.42 Å². The number of hydrogen-bond donors (Lipinski definition) is 1. The molecule has 0 aliphatic heterocycles. The third-order valence-corrected chi connectivity index (χ3v) is 3.44. The van der Waals surface area contributed by atoms with E-state index in [0.29, 0.717) is 0 Å². The first-order chi connectivity index (χ1) is 11.4. The second kappa shape index (κ2) is 6.82. The molecule has 126 valence electrons.